The van der Waals surface area contributed by atoms with E-state index in [0.29, 0.717) is 0 Å². The zero-order valence-electron chi connectivity index (χ0n) is 12.7. The second-order valence-corrected chi connectivity index (χ2v) is 5.19. The van der Waals surface area contributed by atoms with Crippen molar-refractivity contribution >= 4 is 5.69 Å². The summed E-state index contributed by atoms with van der Waals surface area (Å²) in [5.74, 6) is 0. The molecule has 0 heterocycles. The number of nitrogens with zero attached hydrogens (tertiary/aromatic N) is 1. The van der Waals surface area contributed by atoms with Crippen molar-refractivity contribution in [1.82, 2.24) is 5.32 Å². The highest BCUT2D eigenvalue weighted by molar-refractivity contribution is 5.45. The summed E-state index contributed by atoms with van der Waals surface area (Å²) in [4.78, 5) is 2.54. The van der Waals surface area contributed by atoms with Gasteiger partial charge in [-0.05, 0) is 45.0 Å². The molecule has 0 aliphatic carbocycles. The van der Waals surface area contributed by atoms with Crippen LogP contribution in [0.2, 0.25) is 0 Å². The number of anilines is 1. The quantitative estimate of drug-likeness (QED) is 0.605. The molecule has 0 spiro atoms. The molecule has 0 bridgehead atoms. The molecule has 2 nitrogen and oxygen atoms in total. The molecular weight excluding hydrogens is 232 g/mol. The maximum atomic E-state index is 3.21. The Morgan fingerprint density at radius 1 is 0.895 bits per heavy atom. The van der Waals surface area contributed by atoms with Crippen molar-refractivity contribution in [3.63, 3.8) is 0 Å². The van der Waals surface area contributed by atoms with Crippen molar-refractivity contribution in [2.75, 3.05) is 31.6 Å². The molecule has 0 atom stereocenters. The molecule has 1 aromatic rings. The van der Waals surface area contributed by atoms with Crippen molar-refractivity contribution in [3.05, 3.63) is 30.3 Å². The molecule has 1 aromatic carbocycles. The zero-order chi connectivity index (χ0) is 13.8. The minimum atomic E-state index is 1.15. The van der Waals surface area contributed by atoms with Crippen molar-refractivity contribution < 1.29 is 0 Å². The fourth-order valence-electron chi connectivity index (χ4n) is 2.32. The highest BCUT2D eigenvalue weighted by atomic mass is 15.1. The molecule has 108 valence electrons. The summed E-state index contributed by atoms with van der Waals surface area (Å²) in [5.41, 5.74) is 1.38. The van der Waals surface area contributed by atoms with E-state index in [2.05, 4.69) is 47.5 Å². The average molecular weight is 262 g/mol. The standard InChI is InChI=1S/C17H30N2/c1-3-4-15-19(17-12-8-7-9-13-17)16-11-6-5-10-14-18-2/h7-9,12-13,18H,3-6,10-11,14-16H2,1-2H3. The van der Waals surface area contributed by atoms with E-state index in [9.17, 15) is 0 Å². The first kappa shape index (κ1) is 16.0. The van der Waals surface area contributed by atoms with E-state index >= 15 is 0 Å². The van der Waals surface area contributed by atoms with Crippen molar-refractivity contribution in [1.29, 1.82) is 0 Å². The first-order valence-corrected chi connectivity index (χ1v) is 7.83. The van der Waals surface area contributed by atoms with Crippen LogP contribution in [0.3, 0.4) is 0 Å². The third-order valence-corrected chi connectivity index (χ3v) is 3.51. The molecule has 0 fully saturated rings. The van der Waals surface area contributed by atoms with Gasteiger partial charge in [0.15, 0.2) is 0 Å². The van der Waals surface area contributed by atoms with Crippen molar-refractivity contribution in [2.24, 2.45) is 0 Å². The molecule has 0 saturated heterocycles. The summed E-state index contributed by atoms with van der Waals surface area (Å²) < 4.78 is 0. The van der Waals surface area contributed by atoms with Gasteiger partial charge in [-0.2, -0.15) is 0 Å². The largest absolute Gasteiger partial charge is 0.372 e. The van der Waals surface area contributed by atoms with E-state index in [1.807, 2.05) is 7.05 Å². The van der Waals surface area contributed by atoms with Gasteiger partial charge in [-0.15, -0.1) is 0 Å². The zero-order valence-corrected chi connectivity index (χ0v) is 12.7. The summed E-state index contributed by atoms with van der Waals surface area (Å²) in [7, 11) is 2.03. The second-order valence-electron chi connectivity index (χ2n) is 5.19. The molecule has 0 saturated carbocycles. The lowest BCUT2D eigenvalue weighted by atomic mass is 10.1. The third kappa shape index (κ3) is 7.22. The summed E-state index contributed by atoms with van der Waals surface area (Å²) in [6.45, 7) is 5.81. The normalized spacial score (nSPS) is 10.6. The van der Waals surface area contributed by atoms with Gasteiger partial charge in [0.2, 0.25) is 0 Å². The van der Waals surface area contributed by atoms with Gasteiger partial charge in [-0.3, -0.25) is 0 Å². The monoisotopic (exact) mass is 262 g/mol. The van der Waals surface area contributed by atoms with Crippen molar-refractivity contribution in [3.8, 4) is 0 Å². The molecule has 0 aromatic heterocycles. The minimum absolute atomic E-state index is 1.15. The topological polar surface area (TPSA) is 15.3 Å². The highest BCUT2D eigenvalue weighted by Gasteiger charge is 2.04. The summed E-state index contributed by atoms with van der Waals surface area (Å²) >= 11 is 0. The first-order chi connectivity index (χ1) is 9.38. The molecule has 0 aliphatic heterocycles. The smallest absolute Gasteiger partial charge is 0.0366 e. The van der Waals surface area contributed by atoms with E-state index in [-0.39, 0.29) is 0 Å². The average Bonchev–Trinajstić information content (AvgIpc) is 2.46. The minimum Gasteiger partial charge on any atom is -0.372 e. The fraction of sp³-hybridized carbons (Fsp3) is 0.647. The highest BCUT2D eigenvalue weighted by Crippen LogP contribution is 2.15. The SMILES string of the molecule is CCCCN(CCCCCCNC)c1ccccc1. The summed E-state index contributed by atoms with van der Waals surface area (Å²) in [6.07, 6.45) is 7.85. The van der Waals surface area contributed by atoms with Crippen LogP contribution in [0.5, 0.6) is 0 Å². The maximum absolute atomic E-state index is 3.21. The number of unbranched alkanes of at least 4 members (excludes halogenated alkanes) is 4. The Morgan fingerprint density at radius 3 is 2.26 bits per heavy atom. The number of hydrogen-bond donors (Lipinski definition) is 1. The van der Waals surface area contributed by atoms with E-state index in [4.69, 9.17) is 0 Å². The lowest BCUT2D eigenvalue weighted by molar-refractivity contribution is 0.600. The van der Waals surface area contributed by atoms with E-state index in [1.165, 1.54) is 57.3 Å². The Morgan fingerprint density at radius 2 is 1.58 bits per heavy atom. The number of benzene rings is 1. The van der Waals surface area contributed by atoms with Gasteiger partial charge in [0.1, 0.15) is 0 Å². The molecule has 0 radical (unpaired) electrons. The Bertz CT molecular complexity index is 297. The van der Waals surface area contributed by atoms with Gasteiger partial charge in [0, 0.05) is 18.8 Å². The van der Waals surface area contributed by atoms with Gasteiger partial charge in [0.25, 0.3) is 0 Å². The second kappa shape index (κ2) is 10.9. The molecule has 0 amide bonds. The van der Waals surface area contributed by atoms with E-state index in [1.54, 1.807) is 0 Å². The van der Waals surface area contributed by atoms with Gasteiger partial charge in [0.05, 0.1) is 0 Å². The lowest BCUT2D eigenvalue weighted by Crippen LogP contribution is -2.25. The predicted octanol–water partition coefficient (Wildman–Crippen LogP) is 4.07. The molecule has 1 rings (SSSR count). The Hall–Kier alpha value is -1.02. The molecule has 0 aliphatic rings. The van der Waals surface area contributed by atoms with Crippen LogP contribution in [0.15, 0.2) is 30.3 Å². The number of nitrogens with one attached hydrogen (secondary N) is 1. The van der Waals surface area contributed by atoms with Crippen LogP contribution in [-0.2, 0) is 0 Å². The van der Waals surface area contributed by atoms with Crippen LogP contribution in [0.25, 0.3) is 0 Å². The van der Waals surface area contributed by atoms with Gasteiger partial charge >= 0.3 is 0 Å². The Kier molecular flexibility index (Phi) is 9.17. The lowest BCUT2D eigenvalue weighted by Gasteiger charge is -2.24. The third-order valence-electron chi connectivity index (χ3n) is 3.51. The summed E-state index contributed by atoms with van der Waals surface area (Å²) in [6, 6.07) is 10.8. The predicted molar refractivity (Wildman–Crippen MR) is 86.0 cm³/mol. The van der Waals surface area contributed by atoms with E-state index in [0.717, 1.165) is 6.54 Å². The number of hydrogen-bond acceptors (Lipinski definition) is 2. The van der Waals surface area contributed by atoms with Crippen molar-refractivity contribution in [2.45, 2.75) is 45.4 Å². The molecule has 0 unspecified atom stereocenters. The molecule has 19 heavy (non-hydrogen) atoms. The Balaban J connectivity index is 2.30. The van der Waals surface area contributed by atoms with Gasteiger partial charge < -0.3 is 10.2 Å². The van der Waals surface area contributed by atoms with Gasteiger partial charge in [-0.1, -0.05) is 44.4 Å². The number of para-hydroxylation sites is 1. The fourth-order valence-corrected chi connectivity index (χ4v) is 2.32. The van der Waals surface area contributed by atoms with E-state index < -0.39 is 0 Å². The Labute approximate surface area is 119 Å². The van der Waals surface area contributed by atoms with Crippen LogP contribution in [0.4, 0.5) is 5.69 Å². The summed E-state index contributed by atoms with van der Waals surface area (Å²) in [5, 5.41) is 3.21. The van der Waals surface area contributed by atoms with Gasteiger partial charge in [-0.25, -0.2) is 0 Å². The number of rotatable bonds is 11. The molecular formula is C17H30N2. The van der Waals surface area contributed by atoms with Crippen LogP contribution in [0, 0.1) is 0 Å². The maximum Gasteiger partial charge on any atom is 0.0366 e. The van der Waals surface area contributed by atoms with Crippen LogP contribution in [0.1, 0.15) is 45.4 Å². The van der Waals surface area contributed by atoms with Crippen LogP contribution < -0.4 is 10.2 Å². The molecule has 1 N–H and O–H groups in total. The van der Waals surface area contributed by atoms with Crippen LogP contribution >= 0.6 is 0 Å². The van der Waals surface area contributed by atoms with Crippen LogP contribution in [-0.4, -0.2) is 26.7 Å². The first-order valence-electron chi connectivity index (χ1n) is 7.83. The molecule has 2 heteroatoms.